The first-order valence-corrected chi connectivity index (χ1v) is 4.75. The summed E-state index contributed by atoms with van der Waals surface area (Å²) in [5, 5.41) is 4.18. The van der Waals surface area contributed by atoms with Crippen LogP contribution in [-0.2, 0) is 0 Å². The van der Waals surface area contributed by atoms with E-state index in [0.29, 0.717) is 18.4 Å². The Morgan fingerprint density at radius 1 is 1.69 bits per heavy atom. The minimum absolute atomic E-state index is 0.239. The Morgan fingerprint density at radius 2 is 2.46 bits per heavy atom. The maximum atomic E-state index is 11.5. The Kier molecular flexibility index (Phi) is 1.94. The smallest absolute Gasteiger partial charge is 0.182 e. The Hall–Kier alpha value is -1.12. The lowest BCUT2D eigenvalue weighted by molar-refractivity contribution is 0.0987. The number of Topliss-reactive ketones (excluding diaryl/α,β-unsaturated/α-hetero) is 1. The molecule has 13 heavy (non-hydrogen) atoms. The number of rotatable bonds is 2. The van der Waals surface area contributed by atoms with Crippen molar-refractivity contribution >= 4 is 5.78 Å². The van der Waals surface area contributed by atoms with Gasteiger partial charge in [-0.1, -0.05) is 13.8 Å². The van der Waals surface area contributed by atoms with Gasteiger partial charge >= 0.3 is 0 Å². The van der Waals surface area contributed by atoms with Crippen LogP contribution in [0.2, 0.25) is 0 Å². The highest BCUT2D eigenvalue weighted by Gasteiger charge is 2.29. The van der Waals surface area contributed by atoms with Gasteiger partial charge in [-0.3, -0.25) is 9.48 Å². The summed E-state index contributed by atoms with van der Waals surface area (Å²) in [6.45, 7) is 4.35. The largest absolute Gasteiger partial charge is 0.292 e. The fourth-order valence-corrected chi connectivity index (χ4v) is 1.96. The predicted molar refractivity (Wildman–Crippen MR) is 49.7 cm³/mol. The molecule has 2 rings (SSSR count). The third-order valence-electron chi connectivity index (χ3n) is 2.47. The summed E-state index contributed by atoms with van der Waals surface area (Å²) in [6.07, 6.45) is 3.39. The van der Waals surface area contributed by atoms with E-state index in [1.54, 1.807) is 6.20 Å². The van der Waals surface area contributed by atoms with Crippen molar-refractivity contribution in [2.75, 3.05) is 0 Å². The van der Waals surface area contributed by atoms with Gasteiger partial charge in [0.2, 0.25) is 0 Å². The number of aromatic nitrogens is 2. The van der Waals surface area contributed by atoms with Crippen molar-refractivity contribution in [3.05, 3.63) is 18.0 Å². The van der Waals surface area contributed by atoms with E-state index in [1.807, 2.05) is 10.7 Å². The first-order chi connectivity index (χ1) is 6.18. The molecule has 0 saturated carbocycles. The van der Waals surface area contributed by atoms with Crippen LogP contribution in [0.25, 0.3) is 0 Å². The topological polar surface area (TPSA) is 34.9 Å². The molecule has 1 aromatic rings. The van der Waals surface area contributed by atoms with Crippen LogP contribution < -0.4 is 0 Å². The van der Waals surface area contributed by atoms with Crippen molar-refractivity contribution in [1.29, 1.82) is 0 Å². The van der Waals surface area contributed by atoms with Gasteiger partial charge in [-0.15, -0.1) is 0 Å². The third kappa shape index (κ3) is 1.39. The molecule has 0 radical (unpaired) electrons. The zero-order valence-electron chi connectivity index (χ0n) is 8.03. The molecule has 70 valence electrons. The second-order valence-corrected chi connectivity index (χ2v) is 4.07. The molecular weight excluding hydrogens is 164 g/mol. The van der Waals surface area contributed by atoms with Crippen molar-refractivity contribution in [2.24, 2.45) is 5.92 Å². The lowest BCUT2D eigenvalue weighted by Gasteiger charge is -2.12. The quantitative estimate of drug-likeness (QED) is 0.694. The first-order valence-electron chi connectivity index (χ1n) is 4.75. The number of hydrogen-bond acceptors (Lipinski definition) is 2. The van der Waals surface area contributed by atoms with E-state index in [0.717, 1.165) is 12.1 Å². The summed E-state index contributed by atoms with van der Waals surface area (Å²) in [5.74, 6) is 0.858. The lowest BCUT2D eigenvalue weighted by atomic mass is 10.0. The summed E-state index contributed by atoms with van der Waals surface area (Å²) in [6, 6.07) is 2.11. The standard InChI is InChI=1S/C10H14N2O/c1-7(2)5-8-6-10(13)9-3-4-11-12(8)9/h3-4,7-8H,5-6H2,1-2H3. The third-order valence-corrected chi connectivity index (χ3v) is 2.47. The van der Waals surface area contributed by atoms with Crippen molar-refractivity contribution in [3.8, 4) is 0 Å². The lowest BCUT2D eigenvalue weighted by Crippen LogP contribution is -2.08. The number of ketones is 1. The molecule has 0 spiro atoms. The van der Waals surface area contributed by atoms with Crippen molar-refractivity contribution in [1.82, 2.24) is 9.78 Å². The average Bonchev–Trinajstić information content (AvgIpc) is 2.56. The molecule has 3 heteroatoms. The molecule has 0 saturated heterocycles. The number of carbonyl (C=O) groups is 1. The summed E-state index contributed by atoms with van der Waals surface area (Å²) in [4.78, 5) is 11.5. The summed E-state index contributed by atoms with van der Waals surface area (Å²) in [7, 11) is 0. The number of hydrogen-bond donors (Lipinski definition) is 0. The van der Waals surface area contributed by atoms with E-state index in [2.05, 4.69) is 18.9 Å². The van der Waals surface area contributed by atoms with Gasteiger partial charge in [0, 0.05) is 12.6 Å². The van der Waals surface area contributed by atoms with Gasteiger partial charge in [-0.2, -0.15) is 5.10 Å². The van der Waals surface area contributed by atoms with Crippen molar-refractivity contribution in [2.45, 2.75) is 32.7 Å². The Balaban J connectivity index is 2.23. The van der Waals surface area contributed by atoms with Crippen LogP contribution in [0.1, 0.15) is 43.2 Å². The average molecular weight is 178 g/mol. The highest BCUT2D eigenvalue weighted by Crippen LogP contribution is 2.29. The summed E-state index contributed by atoms with van der Waals surface area (Å²) < 4.78 is 1.88. The van der Waals surface area contributed by atoms with Crippen LogP contribution in [0, 0.1) is 5.92 Å². The highest BCUT2D eigenvalue weighted by atomic mass is 16.1. The molecule has 2 heterocycles. The van der Waals surface area contributed by atoms with Gasteiger partial charge in [-0.05, 0) is 18.4 Å². The van der Waals surface area contributed by atoms with Gasteiger partial charge in [0.15, 0.2) is 5.78 Å². The van der Waals surface area contributed by atoms with Crippen LogP contribution >= 0.6 is 0 Å². The monoisotopic (exact) mass is 178 g/mol. The zero-order chi connectivity index (χ0) is 9.42. The highest BCUT2D eigenvalue weighted by molar-refractivity contribution is 5.96. The number of fused-ring (bicyclic) bond motifs is 1. The van der Waals surface area contributed by atoms with Crippen LogP contribution in [0.5, 0.6) is 0 Å². The van der Waals surface area contributed by atoms with Gasteiger partial charge in [-0.25, -0.2) is 0 Å². The molecule has 1 aliphatic rings. The van der Waals surface area contributed by atoms with E-state index in [-0.39, 0.29) is 5.78 Å². The first kappa shape index (κ1) is 8.48. The van der Waals surface area contributed by atoms with E-state index in [9.17, 15) is 4.79 Å². The molecule has 0 fully saturated rings. The SMILES string of the molecule is CC(C)CC1CC(=O)c2ccnn21. The Morgan fingerprint density at radius 3 is 3.15 bits per heavy atom. The van der Waals surface area contributed by atoms with Crippen molar-refractivity contribution in [3.63, 3.8) is 0 Å². The number of nitrogens with zero attached hydrogens (tertiary/aromatic N) is 2. The van der Waals surface area contributed by atoms with E-state index in [4.69, 9.17) is 0 Å². The molecule has 1 aliphatic heterocycles. The molecule has 3 nitrogen and oxygen atoms in total. The Bertz CT molecular complexity index is 327. The van der Waals surface area contributed by atoms with E-state index >= 15 is 0 Å². The van der Waals surface area contributed by atoms with Crippen LogP contribution in [0.3, 0.4) is 0 Å². The molecule has 0 aliphatic carbocycles. The maximum absolute atomic E-state index is 11.5. The van der Waals surface area contributed by atoms with Crippen LogP contribution in [0.15, 0.2) is 12.3 Å². The molecular formula is C10H14N2O. The fraction of sp³-hybridized carbons (Fsp3) is 0.600. The van der Waals surface area contributed by atoms with E-state index in [1.165, 1.54) is 0 Å². The fourth-order valence-electron chi connectivity index (χ4n) is 1.96. The van der Waals surface area contributed by atoms with Crippen molar-refractivity contribution < 1.29 is 4.79 Å². The second kappa shape index (κ2) is 2.98. The van der Waals surface area contributed by atoms with Gasteiger partial charge in [0.05, 0.1) is 6.04 Å². The molecule has 0 amide bonds. The molecule has 0 aromatic carbocycles. The maximum Gasteiger partial charge on any atom is 0.182 e. The Labute approximate surface area is 77.7 Å². The van der Waals surface area contributed by atoms with E-state index < -0.39 is 0 Å². The second-order valence-electron chi connectivity index (χ2n) is 4.07. The number of carbonyl (C=O) groups excluding carboxylic acids is 1. The minimum Gasteiger partial charge on any atom is -0.292 e. The molecule has 1 unspecified atom stereocenters. The van der Waals surface area contributed by atoms with Gasteiger partial charge < -0.3 is 0 Å². The summed E-state index contributed by atoms with van der Waals surface area (Å²) in [5.41, 5.74) is 0.783. The van der Waals surface area contributed by atoms with Crippen LogP contribution in [0.4, 0.5) is 0 Å². The molecule has 0 N–H and O–H groups in total. The van der Waals surface area contributed by atoms with Gasteiger partial charge in [0.25, 0.3) is 0 Å². The van der Waals surface area contributed by atoms with Gasteiger partial charge in [0.1, 0.15) is 5.69 Å². The molecule has 1 aromatic heterocycles. The van der Waals surface area contributed by atoms with Crippen LogP contribution in [-0.4, -0.2) is 15.6 Å². The molecule has 1 atom stereocenters. The normalized spacial score (nSPS) is 21.2. The molecule has 0 bridgehead atoms. The minimum atomic E-state index is 0.239. The predicted octanol–water partition coefficient (Wildman–Crippen LogP) is 2.06. The zero-order valence-corrected chi connectivity index (χ0v) is 8.03. The summed E-state index contributed by atoms with van der Waals surface area (Å²) >= 11 is 0.